The van der Waals surface area contributed by atoms with Gasteiger partial charge in [0.15, 0.2) is 0 Å². The van der Waals surface area contributed by atoms with Crippen LogP contribution in [0.4, 0.5) is 0 Å². The molecule has 0 fully saturated rings. The molecule has 1 rings (SSSR count). The van der Waals surface area contributed by atoms with Crippen LogP contribution in [0.3, 0.4) is 0 Å². The lowest BCUT2D eigenvalue weighted by atomic mass is 10.1. The summed E-state index contributed by atoms with van der Waals surface area (Å²) in [5.74, 6) is -0.311. The quantitative estimate of drug-likeness (QED) is 0.542. The summed E-state index contributed by atoms with van der Waals surface area (Å²) < 4.78 is 4.80. The van der Waals surface area contributed by atoms with Gasteiger partial charge in [-0.2, -0.15) is 0 Å². The van der Waals surface area contributed by atoms with Gasteiger partial charge in [0.25, 0.3) is 0 Å². The molecule has 0 spiro atoms. The van der Waals surface area contributed by atoms with E-state index in [2.05, 4.69) is 4.98 Å². The average Bonchev–Trinajstić information content (AvgIpc) is 2.19. The van der Waals surface area contributed by atoms with Crippen LogP contribution < -0.4 is 0 Å². The minimum atomic E-state index is -0.311. The van der Waals surface area contributed by atoms with Crippen molar-refractivity contribution >= 4 is 11.5 Å². The Hall–Kier alpha value is -1.64. The van der Waals surface area contributed by atoms with Crippen LogP contribution in [-0.4, -0.2) is 17.6 Å². The van der Waals surface area contributed by atoms with E-state index in [-0.39, 0.29) is 5.97 Å². The third-order valence-electron chi connectivity index (χ3n) is 1.74. The van der Waals surface area contributed by atoms with Crippen molar-refractivity contribution in [3.05, 3.63) is 36.2 Å². The Labute approximate surface area is 83.4 Å². The normalized spacial score (nSPS) is 11.1. The van der Waals surface area contributed by atoms with Gasteiger partial charge in [0.05, 0.1) is 6.61 Å². The molecular formula is C11H13NO2. The minimum Gasteiger partial charge on any atom is -0.463 e. The standard InChI is InChI=1S/C11H13NO2/c1-3-14-11(13)7-9(2)10-5-4-6-12-8-10/h4-8H,3H2,1-2H3/b9-7-. The van der Waals surface area contributed by atoms with Crippen LogP contribution >= 0.6 is 0 Å². The SMILES string of the molecule is CCOC(=O)/C=C(/C)c1cccnc1. The van der Waals surface area contributed by atoms with Gasteiger partial charge in [-0.05, 0) is 31.1 Å². The van der Waals surface area contributed by atoms with E-state index in [1.807, 2.05) is 19.1 Å². The zero-order valence-electron chi connectivity index (χ0n) is 8.36. The molecule has 0 atom stereocenters. The van der Waals surface area contributed by atoms with Crippen LogP contribution in [0.15, 0.2) is 30.6 Å². The first-order valence-corrected chi connectivity index (χ1v) is 4.49. The molecule has 1 heterocycles. The molecule has 0 unspecified atom stereocenters. The molecule has 0 radical (unpaired) electrons. The van der Waals surface area contributed by atoms with Crippen molar-refractivity contribution in [3.8, 4) is 0 Å². The van der Waals surface area contributed by atoms with Gasteiger partial charge < -0.3 is 4.74 Å². The molecule has 1 aromatic heterocycles. The number of hydrogen-bond donors (Lipinski definition) is 0. The first-order valence-electron chi connectivity index (χ1n) is 4.49. The predicted molar refractivity (Wildman–Crippen MR) is 54.5 cm³/mol. The molecule has 0 aliphatic rings. The fourth-order valence-electron chi connectivity index (χ4n) is 1.04. The first-order chi connectivity index (χ1) is 6.74. The minimum absolute atomic E-state index is 0.311. The molecule has 0 amide bonds. The molecule has 0 N–H and O–H groups in total. The van der Waals surface area contributed by atoms with Gasteiger partial charge in [-0.25, -0.2) is 4.79 Å². The summed E-state index contributed by atoms with van der Waals surface area (Å²) in [6.07, 6.45) is 4.88. The highest BCUT2D eigenvalue weighted by Crippen LogP contribution is 2.11. The number of esters is 1. The molecule has 0 saturated carbocycles. The zero-order valence-corrected chi connectivity index (χ0v) is 8.36. The highest BCUT2D eigenvalue weighted by molar-refractivity contribution is 5.90. The van der Waals surface area contributed by atoms with E-state index in [0.717, 1.165) is 11.1 Å². The molecule has 3 heteroatoms. The summed E-state index contributed by atoms with van der Waals surface area (Å²) in [5, 5.41) is 0. The van der Waals surface area contributed by atoms with E-state index in [1.54, 1.807) is 19.3 Å². The molecule has 1 aromatic rings. The third-order valence-corrected chi connectivity index (χ3v) is 1.74. The van der Waals surface area contributed by atoms with Crippen LogP contribution in [0.1, 0.15) is 19.4 Å². The molecule has 0 aromatic carbocycles. The highest BCUT2D eigenvalue weighted by atomic mass is 16.5. The summed E-state index contributed by atoms with van der Waals surface area (Å²) >= 11 is 0. The van der Waals surface area contributed by atoms with E-state index < -0.39 is 0 Å². The topological polar surface area (TPSA) is 39.2 Å². The number of rotatable bonds is 3. The van der Waals surface area contributed by atoms with Crippen molar-refractivity contribution in [2.75, 3.05) is 6.61 Å². The number of nitrogens with zero attached hydrogens (tertiary/aromatic N) is 1. The van der Waals surface area contributed by atoms with Gasteiger partial charge in [-0.3, -0.25) is 4.98 Å². The smallest absolute Gasteiger partial charge is 0.331 e. The molecule has 0 saturated heterocycles. The summed E-state index contributed by atoms with van der Waals surface area (Å²) in [6, 6.07) is 3.73. The lowest BCUT2D eigenvalue weighted by molar-refractivity contribution is -0.137. The number of pyridine rings is 1. The summed E-state index contributed by atoms with van der Waals surface area (Å²) in [6.45, 7) is 4.04. The average molecular weight is 191 g/mol. The maximum absolute atomic E-state index is 11.1. The number of carbonyl (C=O) groups excluding carboxylic acids is 1. The van der Waals surface area contributed by atoms with E-state index in [0.29, 0.717) is 6.61 Å². The van der Waals surface area contributed by atoms with E-state index >= 15 is 0 Å². The monoisotopic (exact) mass is 191 g/mol. The summed E-state index contributed by atoms with van der Waals surface area (Å²) in [4.78, 5) is 15.1. The van der Waals surface area contributed by atoms with Gasteiger partial charge in [-0.15, -0.1) is 0 Å². The molecule has 14 heavy (non-hydrogen) atoms. The van der Waals surface area contributed by atoms with Crippen LogP contribution in [-0.2, 0) is 9.53 Å². The molecular weight excluding hydrogens is 178 g/mol. The van der Waals surface area contributed by atoms with Gasteiger partial charge in [0.1, 0.15) is 0 Å². The summed E-state index contributed by atoms with van der Waals surface area (Å²) in [7, 11) is 0. The lowest BCUT2D eigenvalue weighted by Gasteiger charge is -2.00. The first kappa shape index (κ1) is 10.4. The van der Waals surface area contributed by atoms with Crippen LogP contribution in [0.2, 0.25) is 0 Å². The Bertz CT molecular complexity index is 330. The zero-order chi connectivity index (χ0) is 10.4. The predicted octanol–water partition coefficient (Wildman–Crippen LogP) is 2.05. The van der Waals surface area contributed by atoms with Crippen LogP contribution in [0.25, 0.3) is 5.57 Å². The van der Waals surface area contributed by atoms with E-state index in [4.69, 9.17) is 4.74 Å². The highest BCUT2D eigenvalue weighted by Gasteiger charge is 1.99. The maximum atomic E-state index is 11.1. The largest absolute Gasteiger partial charge is 0.463 e. The molecule has 74 valence electrons. The van der Waals surface area contributed by atoms with E-state index in [9.17, 15) is 4.79 Å². The van der Waals surface area contributed by atoms with E-state index in [1.165, 1.54) is 6.08 Å². The third kappa shape index (κ3) is 3.01. The Kier molecular flexibility index (Phi) is 3.85. The van der Waals surface area contributed by atoms with Crippen molar-refractivity contribution in [1.29, 1.82) is 0 Å². The van der Waals surface area contributed by atoms with Crippen molar-refractivity contribution in [2.24, 2.45) is 0 Å². The van der Waals surface area contributed by atoms with Crippen molar-refractivity contribution in [3.63, 3.8) is 0 Å². The van der Waals surface area contributed by atoms with Crippen molar-refractivity contribution in [2.45, 2.75) is 13.8 Å². The van der Waals surface area contributed by atoms with Crippen molar-refractivity contribution in [1.82, 2.24) is 4.98 Å². The maximum Gasteiger partial charge on any atom is 0.331 e. The fourth-order valence-corrected chi connectivity index (χ4v) is 1.04. The Morgan fingerprint density at radius 2 is 2.43 bits per heavy atom. The fraction of sp³-hybridized carbons (Fsp3) is 0.273. The second-order valence-corrected chi connectivity index (χ2v) is 2.82. The summed E-state index contributed by atoms with van der Waals surface area (Å²) in [5.41, 5.74) is 1.79. The number of hydrogen-bond acceptors (Lipinski definition) is 3. The Balaban J connectivity index is 2.75. The van der Waals surface area contributed by atoms with Gasteiger partial charge >= 0.3 is 5.97 Å². The van der Waals surface area contributed by atoms with Gasteiger partial charge in [0.2, 0.25) is 0 Å². The van der Waals surface area contributed by atoms with Crippen molar-refractivity contribution < 1.29 is 9.53 Å². The number of carbonyl (C=O) groups is 1. The molecule has 0 aliphatic carbocycles. The number of ether oxygens (including phenoxy) is 1. The van der Waals surface area contributed by atoms with Crippen LogP contribution in [0, 0.1) is 0 Å². The van der Waals surface area contributed by atoms with Crippen LogP contribution in [0.5, 0.6) is 0 Å². The van der Waals surface area contributed by atoms with Gasteiger partial charge in [-0.1, -0.05) is 6.07 Å². The van der Waals surface area contributed by atoms with Gasteiger partial charge in [0, 0.05) is 18.5 Å². The number of aromatic nitrogens is 1. The lowest BCUT2D eigenvalue weighted by Crippen LogP contribution is -2.00. The molecule has 0 bridgehead atoms. The molecule has 3 nitrogen and oxygen atoms in total. The molecule has 0 aliphatic heterocycles. The second-order valence-electron chi connectivity index (χ2n) is 2.82. The second kappa shape index (κ2) is 5.17. The number of allylic oxidation sites excluding steroid dienone is 1. The Morgan fingerprint density at radius 3 is 3.00 bits per heavy atom. The Morgan fingerprint density at radius 1 is 1.64 bits per heavy atom.